The van der Waals surface area contributed by atoms with Crippen LogP contribution in [0.4, 0.5) is 4.79 Å². The minimum Gasteiger partial charge on any atom is -0.493 e. The van der Waals surface area contributed by atoms with Gasteiger partial charge in [-0.15, -0.1) is 0 Å². The summed E-state index contributed by atoms with van der Waals surface area (Å²) in [6.45, 7) is 5.64. The zero-order valence-corrected chi connectivity index (χ0v) is 21.5. The number of hydrogen-bond donors (Lipinski definition) is 1. The fourth-order valence-corrected chi connectivity index (χ4v) is 3.52. The number of aromatic nitrogens is 3. The first-order valence-electron chi connectivity index (χ1n) is 12.0. The second-order valence-electron chi connectivity index (χ2n) is 8.85. The van der Waals surface area contributed by atoms with E-state index in [-0.39, 0.29) is 35.5 Å². The smallest absolute Gasteiger partial charge is 0.493 e. The molecule has 0 saturated carbocycles. The zero-order chi connectivity index (χ0) is 27.1. The first kappa shape index (κ1) is 26.3. The van der Waals surface area contributed by atoms with E-state index in [1.54, 1.807) is 6.92 Å². The molecule has 196 valence electrons. The summed E-state index contributed by atoms with van der Waals surface area (Å²) in [6, 6.07) is 18.5. The van der Waals surface area contributed by atoms with Gasteiger partial charge in [0.05, 0.1) is 19.8 Å². The Morgan fingerprint density at radius 1 is 0.974 bits per heavy atom. The number of nitrogens with one attached hydrogen (secondary N) is 1. The van der Waals surface area contributed by atoms with Crippen LogP contribution in [0.1, 0.15) is 43.1 Å². The van der Waals surface area contributed by atoms with Gasteiger partial charge in [0.25, 0.3) is 11.8 Å². The van der Waals surface area contributed by atoms with Gasteiger partial charge in [-0.1, -0.05) is 61.5 Å². The van der Waals surface area contributed by atoms with Crippen molar-refractivity contribution in [1.82, 2.24) is 20.4 Å². The number of benzene rings is 2. The van der Waals surface area contributed by atoms with Crippen LogP contribution in [-0.2, 0) is 4.74 Å². The predicted octanol–water partition coefficient (Wildman–Crippen LogP) is 5.47. The summed E-state index contributed by atoms with van der Waals surface area (Å²) in [4.78, 5) is 33.8. The van der Waals surface area contributed by atoms with Crippen molar-refractivity contribution in [3.63, 3.8) is 0 Å². The summed E-state index contributed by atoms with van der Waals surface area (Å²) in [5.74, 6) is 0.0676. The van der Waals surface area contributed by atoms with E-state index < -0.39 is 18.1 Å². The number of rotatable bonds is 9. The van der Waals surface area contributed by atoms with Crippen molar-refractivity contribution in [2.24, 2.45) is 5.92 Å². The molecule has 0 fully saturated rings. The molecule has 4 rings (SSSR count). The van der Waals surface area contributed by atoms with Gasteiger partial charge in [-0.2, -0.15) is 4.98 Å². The topological polar surface area (TPSA) is 126 Å². The standard InChI is InChI=1S/C28H28N4O6/c1-17(2)16-36-28(34)37-24-22(35-4)13-14-29-23(24)26(33)30-18(3)25-31-27(38-32-25)21-12-8-11-20(15-21)19-9-6-5-7-10-19/h5-15,17-18H,16H2,1-4H3,(H,30,33)/t18-/m0/s1. The van der Waals surface area contributed by atoms with Crippen molar-refractivity contribution in [3.8, 4) is 34.1 Å². The molecule has 0 unspecified atom stereocenters. The second kappa shape index (κ2) is 12.0. The van der Waals surface area contributed by atoms with Gasteiger partial charge < -0.3 is 24.1 Å². The molecule has 1 N–H and O–H groups in total. The summed E-state index contributed by atoms with van der Waals surface area (Å²) in [5.41, 5.74) is 2.66. The Morgan fingerprint density at radius 3 is 2.45 bits per heavy atom. The van der Waals surface area contributed by atoms with E-state index in [0.29, 0.717) is 5.89 Å². The number of carbonyl (C=O) groups is 2. The average Bonchev–Trinajstić information content (AvgIpc) is 3.43. The van der Waals surface area contributed by atoms with Crippen LogP contribution in [0.5, 0.6) is 11.5 Å². The predicted molar refractivity (Wildman–Crippen MR) is 139 cm³/mol. The molecule has 0 spiro atoms. The lowest BCUT2D eigenvalue weighted by Crippen LogP contribution is -2.29. The van der Waals surface area contributed by atoms with Gasteiger partial charge in [-0.25, -0.2) is 9.78 Å². The SMILES string of the molecule is COc1ccnc(C(=O)N[C@@H](C)c2noc(-c3cccc(-c4ccccc4)c3)n2)c1OC(=O)OCC(C)C. The van der Waals surface area contributed by atoms with E-state index in [0.717, 1.165) is 16.7 Å². The van der Waals surface area contributed by atoms with Crippen molar-refractivity contribution in [3.05, 3.63) is 78.4 Å². The molecule has 2 aromatic heterocycles. The Bertz CT molecular complexity index is 1400. The number of amides is 1. The highest BCUT2D eigenvalue weighted by Crippen LogP contribution is 2.31. The van der Waals surface area contributed by atoms with Crippen molar-refractivity contribution < 1.29 is 28.3 Å². The molecule has 0 aliphatic heterocycles. The van der Waals surface area contributed by atoms with Gasteiger partial charge >= 0.3 is 6.16 Å². The van der Waals surface area contributed by atoms with Gasteiger partial charge in [0.2, 0.25) is 5.75 Å². The molecule has 2 heterocycles. The number of nitrogens with zero attached hydrogens (tertiary/aromatic N) is 3. The Hall–Kier alpha value is -4.73. The van der Waals surface area contributed by atoms with Crippen molar-refractivity contribution in [2.75, 3.05) is 13.7 Å². The van der Waals surface area contributed by atoms with Crippen molar-refractivity contribution >= 4 is 12.1 Å². The minimum absolute atomic E-state index is 0.114. The van der Waals surface area contributed by atoms with Crippen LogP contribution >= 0.6 is 0 Å². The van der Waals surface area contributed by atoms with Crippen LogP contribution in [0, 0.1) is 5.92 Å². The zero-order valence-electron chi connectivity index (χ0n) is 21.5. The first-order valence-corrected chi connectivity index (χ1v) is 12.0. The van der Waals surface area contributed by atoms with Gasteiger partial charge in [0, 0.05) is 17.8 Å². The van der Waals surface area contributed by atoms with Crippen LogP contribution in [-0.4, -0.2) is 40.9 Å². The lowest BCUT2D eigenvalue weighted by Gasteiger charge is -2.15. The van der Waals surface area contributed by atoms with Crippen molar-refractivity contribution in [2.45, 2.75) is 26.8 Å². The lowest BCUT2D eigenvalue weighted by molar-refractivity contribution is 0.0852. The molecule has 0 saturated heterocycles. The Balaban J connectivity index is 1.50. The molecule has 0 aliphatic rings. The molecule has 0 radical (unpaired) electrons. The number of pyridine rings is 1. The van der Waals surface area contributed by atoms with Crippen LogP contribution in [0.15, 0.2) is 71.4 Å². The van der Waals surface area contributed by atoms with Gasteiger partial charge in [0.1, 0.15) is 0 Å². The fraction of sp³-hybridized carbons (Fsp3) is 0.250. The molecule has 38 heavy (non-hydrogen) atoms. The monoisotopic (exact) mass is 516 g/mol. The van der Waals surface area contributed by atoms with E-state index in [1.807, 2.05) is 68.4 Å². The third-order valence-corrected chi connectivity index (χ3v) is 5.42. The summed E-state index contributed by atoms with van der Waals surface area (Å²) >= 11 is 0. The highest BCUT2D eigenvalue weighted by Gasteiger charge is 2.25. The van der Waals surface area contributed by atoms with Crippen LogP contribution in [0.3, 0.4) is 0 Å². The van der Waals surface area contributed by atoms with E-state index in [4.69, 9.17) is 18.7 Å². The average molecular weight is 517 g/mol. The summed E-state index contributed by atoms with van der Waals surface area (Å²) < 4.78 is 21.1. The number of hydrogen-bond acceptors (Lipinski definition) is 9. The highest BCUT2D eigenvalue weighted by molar-refractivity contribution is 5.96. The highest BCUT2D eigenvalue weighted by atomic mass is 16.7. The van der Waals surface area contributed by atoms with Crippen LogP contribution in [0.25, 0.3) is 22.6 Å². The Kier molecular flexibility index (Phi) is 8.32. The molecule has 10 nitrogen and oxygen atoms in total. The maximum absolute atomic E-state index is 13.1. The fourth-order valence-electron chi connectivity index (χ4n) is 3.52. The molecule has 1 amide bonds. The Labute approximate surface area is 220 Å². The molecule has 4 aromatic rings. The Morgan fingerprint density at radius 2 is 1.71 bits per heavy atom. The first-order chi connectivity index (χ1) is 18.4. The summed E-state index contributed by atoms with van der Waals surface area (Å²) in [7, 11) is 1.39. The second-order valence-corrected chi connectivity index (χ2v) is 8.85. The van der Waals surface area contributed by atoms with Gasteiger partial charge in [-0.3, -0.25) is 4.79 Å². The molecule has 10 heteroatoms. The molecule has 0 aliphatic carbocycles. The minimum atomic E-state index is -0.965. The number of methoxy groups -OCH3 is 1. The molecule has 0 bridgehead atoms. The normalized spacial score (nSPS) is 11.6. The van der Waals surface area contributed by atoms with Crippen LogP contribution < -0.4 is 14.8 Å². The van der Waals surface area contributed by atoms with E-state index in [2.05, 4.69) is 20.4 Å². The maximum Gasteiger partial charge on any atom is 0.514 e. The molecule has 1 atom stereocenters. The largest absolute Gasteiger partial charge is 0.514 e. The lowest BCUT2D eigenvalue weighted by atomic mass is 10.0. The van der Waals surface area contributed by atoms with Crippen molar-refractivity contribution in [1.29, 1.82) is 0 Å². The van der Waals surface area contributed by atoms with E-state index in [1.165, 1.54) is 19.4 Å². The van der Waals surface area contributed by atoms with Gasteiger partial charge in [0.15, 0.2) is 17.3 Å². The van der Waals surface area contributed by atoms with E-state index >= 15 is 0 Å². The number of ether oxygens (including phenoxy) is 3. The molecule has 2 aromatic carbocycles. The summed E-state index contributed by atoms with van der Waals surface area (Å²) in [6.07, 6.45) is 0.407. The third kappa shape index (κ3) is 6.33. The van der Waals surface area contributed by atoms with E-state index in [9.17, 15) is 9.59 Å². The summed E-state index contributed by atoms with van der Waals surface area (Å²) in [5, 5.41) is 6.79. The molecular formula is C28H28N4O6. The third-order valence-electron chi connectivity index (χ3n) is 5.42. The van der Waals surface area contributed by atoms with Gasteiger partial charge in [-0.05, 0) is 36.1 Å². The van der Waals surface area contributed by atoms with Crippen LogP contribution in [0.2, 0.25) is 0 Å². The quantitative estimate of drug-likeness (QED) is 0.288. The maximum atomic E-state index is 13.1. The number of carbonyl (C=O) groups excluding carboxylic acids is 2. The molecular weight excluding hydrogens is 488 g/mol.